The Bertz CT molecular complexity index is 1650. The number of carbonyl (C=O) groups is 1. The minimum atomic E-state index is -0.969. The Kier molecular flexibility index (Phi) is 5.69. The number of rotatable bonds is 4. The molecule has 1 aliphatic rings. The van der Waals surface area contributed by atoms with Crippen molar-refractivity contribution in [2.75, 3.05) is 0 Å². The monoisotopic (exact) mass is 491 g/mol. The molecule has 37 heavy (non-hydrogen) atoms. The molecule has 1 aromatic carbocycles. The summed E-state index contributed by atoms with van der Waals surface area (Å²) < 4.78 is 16.0. The molecule has 0 saturated heterocycles. The molecule has 2 atom stereocenters. The van der Waals surface area contributed by atoms with Crippen molar-refractivity contribution in [1.29, 1.82) is 0 Å². The highest BCUT2D eigenvalue weighted by Crippen LogP contribution is 2.30. The number of aromatic nitrogens is 6. The van der Waals surface area contributed by atoms with Gasteiger partial charge in [0.15, 0.2) is 0 Å². The molecule has 6 rings (SSSR count). The van der Waals surface area contributed by atoms with Gasteiger partial charge in [0.1, 0.15) is 17.9 Å². The first kappa shape index (κ1) is 22.6. The highest BCUT2D eigenvalue weighted by molar-refractivity contribution is 5.93. The van der Waals surface area contributed by atoms with Gasteiger partial charge in [-0.15, -0.1) is 0 Å². The van der Waals surface area contributed by atoms with Gasteiger partial charge in [-0.1, -0.05) is 24.1 Å². The van der Waals surface area contributed by atoms with E-state index in [1.54, 1.807) is 43.8 Å². The number of aryl methyl sites for hydroxylation is 1. The lowest BCUT2D eigenvalue weighted by Crippen LogP contribution is -2.31. The fraction of sp³-hybridized carbons (Fsp3) is 0.179. The van der Waals surface area contributed by atoms with Crippen LogP contribution in [0.4, 0.5) is 4.39 Å². The predicted molar refractivity (Wildman–Crippen MR) is 135 cm³/mol. The smallest absolute Gasteiger partial charge is 0.270 e. The largest absolute Gasteiger partial charge is 0.356 e. The molecule has 1 unspecified atom stereocenters. The summed E-state index contributed by atoms with van der Waals surface area (Å²) in [7, 11) is 0. The summed E-state index contributed by atoms with van der Waals surface area (Å²) >= 11 is 0. The van der Waals surface area contributed by atoms with E-state index in [9.17, 15) is 9.18 Å². The first-order chi connectivity index (χ1) is 18.0. The standard InChI is InChI=1S/C28H22FN7O/c1-17-11-18(7-8-25-30-9-4-10-31-25)12-23(33-17)28(37)35-26(22-13-19-5-2-3-6-21(19)34-22)27-24-14-20(29)15-36(24)16-32-27/h2-6,9-13,16,20,26,34H,14-15H2,1H3,(H,35,37)/t20-,26?/m1/s1. The van der Waals surface area contributed by atoms with Crippen LogP contribution in [-0.4, -0.2) is 41.6 Å². The van der Waals surface area contributed by atoms with E-state index >= 15 is 0 Å². The van der Waals surface area contributed by atoms with Crippen LogP contribution in [0.1, 0.15) is 50.7 Å². The highest BCUT2D eigenvalue weighted by atomic mass is 19.1. The van der Waals surface area contributed by atoms with Crippen LogP contribution in [0.5, 0.6) is 0 Å². The number of aromatic amines is 1. The number of nitrogens with zero attached hydrogens (tertiary/aromatic N) is 5. The average molecular weight is 492 g/mol. The molecule has 0 saturated carbocycles. The van der Waals surface area contributed by atoms with Crippen LogP contribution in [0.15, 0.2) is 67.3 Å². The van der Waals surface area contributed by atoms with E-state index in [0.29, 0.717) is 22.8 Å². The summed E-state index contributed by atoms with van der Waals surface area (Å²) in [6, 6.07) is 14.4. The van der Waals surface area contributed by atoms with Gasteiger partial charge in [-0.05, 0) is 48.6 Å². The van der Waals surface area contributed by atoms with E-state index in [1.807, 2.05) is 34.9 Å². The molecule has 0 fully saturated rings. The second-order valence-electron chi connectivity index (χ2n) is 8.95. The normalized spacial score (nSPS) is 15.1. The molecule has 0 radical (unpaired) electrons. The van der Waals surface area contributed by atoms with Gasteiger partial charge in [0.2, 0.25) is 5.82 Å². The van der Waals surface area contributed by atoms with Crippen LogP contribution in [0.25, 0.3) is 10.9 Å². The lowest BCUT2D eigenvalue weighted by atomic mass is 10.1. The second-order valence-corrected chi connectivity index (χ2v) is 8.95. The van der Waals surface area contributed by atoms with Crippen LogP contribution in [0.3, 0.4) is 0 Å². The first-order valence-electron chi connectivity index (χ1n) is 11.9. The highest BCUT2D eigenvalue weighted by Gasteiger charge is 2.31. The Morgan fingerprint density at radius 1 is 1.14 bits per heavy atom. The maximum Gasteiger partial charge on any atom is 0.270 e. The SMILES string of the molecule is Cc1cc(C#Cc2ncccn2)cc(C(=O)NC(c2cc3ccccc3[nH]2)c2ncn3c2C[C@@H](F)C3)n1. The number of para-hydroxylation sites is 1. The topological polar surface area (TPSA) is 101 Å². The van der Waals surface area contributed by atoms with Crippen LogP contribution >= 0.6 is 0 Å². The molecule has 1 amide bonds. The van der Waals surface area contributed by atoms with Gasteiger partial charge in [-0.2, -0.15) is 0 Å². The number of hydrogen-bond acceptors (Lipinski definition) is 5. The van der Waals surface area contributed by atoms with Crippen molar-refractivity contribution in [2.45, 2.75) is 32.1 Å². The molecule has 4 aromatic heterocycles. The van der Waals surface area contributed by atoms with Crippen molar-refractivity contribution in [3.05, 3.63) is 107 Å². The summed E-state index contributed by atoms with van der Waals surface area (Å²) in [5.41, 5.74) is 4.58. The number of H-pyrrole nitrogens is 1. The van der Waals surface area contributed by atoms with Crippen molar-refractivity contribution in [3.8, 4) is 11.8 Å². The van der Waals surface area contributed by atoms with E-state index in [1.165, 1.54) is 0 Å². The van der Waals surface area contributed by atoms with Crippen molar-refractivity contribution in [1.82, 2.24) is 34.8 Å². The van der Waals surface area contributed by atoms with Gasteiger partial charge in [-0.3, -0.25) is 4.79 Å². The zero-order chi connectivity index (χ0) is 25.4. The minimum absolute atomic E-state index is 0.221. The first-order valence-corrected chi connectivity index (χ1v) is 11.9. The molecule has 0 aliphatic carbocycles. The number of hydrogen-bond donors (Lipinski definition) is 2. The van der Waals surface area contributed by atoms with E-state index in [4.69, 9.17) is 0 Å². The zero-order valence-electron chi connectivity index (χ0n) is 19.9. The van der Waals surface area contributed by atoms with Crippen molar-refractivity contribution < 1.29 is 9.18 Å². The Balaban J connectivity index is 1.35. The number of imidazole rings is 1. The van der Waals surface area contributed by atoms with Crippen molar-refractivity contribution >= 4 is 16.8 Å². The molecule has 8 nitrogen and oxygen atoms in total. The van der Waals surface area contributed by atoms with E-state index < -0.39 is 12.2 Å². The van der Waals surface area contributed by atoms with E-state index in [2.05, 4.69) is 42.1 Å². The average Bonchev–Trinajstić information content (AvgIpc) is 3.60. The third-order valence-electron chi connectivity index (χ3n) is 6.27. The van der Waals surface area contributed by atoms with Crippen LogP contribution < -0.4 is 5.32 Å². The fourth-order valence-electron chi connectivity index (χ4n) is 4.63. The number of pyridine rings is 1. The van der Waals surface area contributed by atoms with Gasteiger partial charge in [0, 0.05) is 47.0 Å². The Labute approximate surface area is 212 Å². The van der Waals surface area contributed by atoms with Gasteiger partial charge in [-0.25, -0.2) is 24.3 Å². The van der Waals surface area contributed by atoms with E-state index in [-0.39, 0.29) is 24.6 Å². The van der Waals surface area contributed by atoms with Crippen molar-refractivity contribution in [2.24, 2.45) is 0 Å². The lowest BCUT2D eigenvalue weighted by molar-refractivity contribution is 0.0936. The molecule has 2 N–H and O–H groups in total. The summed E-state index contributed by atoms with van der Waals surface area (Å²) in [5.74, 6) is 5.92. The molecule has 9 heteroatoms. The lowest BCUT2D eigenvalue weighted by Gasteiger charge is -2.17. The molecular weight excluding hydrogens is 469 g/mol. The van der Waals surface area contributed by atoms with Crippen LogP contribution in [0.2, 0.25) is 0 Å². The van der Waals surface area contributed by atoms with Gasteiger partial charge in [0.25, 0.3) is 5.91 Å². The molecule has 0 spiro atoms. The maximum atomic E-state index is 14.2. The molecule has 5 heterocycles. The van der Waals surface area contributed by atoms with Gasteiger partial charge >= 0.3 is 0 Å². The number of amides is 1. The molecule has 1 aliphatic heterocycles. The number of carbonyl (C=O) groups excluding carboxylic acids is 1. The third kappa shape index (κ3) is 4.57. The molecule has 0 bridgehead atoms. The van der Waals surface area contributed by atoms with Crippen LogP contribution in [-0.2, 0) is 13.0 Å². The van der Waals surface area contributed by atoms with Crippen LogP contribution in [0, 0.1) is 18.8 Å². The molecular formula is C28H22FN7O. The number of nitrogens with one attached hydrogen (secondary N) is 2. The number of fused-ring (bicyclic) bond motifs is 2. The molecule has 182 valence electrons. The quantitative estimate of drug-likeness (QED) is 0.374. The zero-order valence-corrected chi connectivity index (χ0v) is 19.9. The fourth-order valence-corrected chi connectivity index (χ4v) is 4.63. The number of benzene rings is 1. The molecule has 5 aromatic rings. The van der Waals surface area contributed by atoms with E-state index in [0.717, 1.165) is 22.3 Å². The number of halogens is 1. The number of alkyl halides is 1. The summed E-state index contributed by atoms with van der Waals surface area (Å²) in [5, 5.41) is 4.09. The second kappa shape index (κ2) is 9.32. The Morgan fingerprint density at radius 2 is 1.97 bits per heavy atom. The summed E-state index contributed by atoms with van der Waals surface area (Å²) in [4.78, 5) is 34.1. The van der Waals surface area contributed by atoms with Gasteiger partial charge in [0.05, 0.1) is 18.6 Å². The summed E-state index contributed by atoms with van der Waals surface area (Å²) in [6.07, 6.45) is 4.16. The minimum Gasteiger partial charge on any atom is -0.356 e. The predicted octanol–water partition coefficient (Wildman–Crippen LogP) is 3.67. The maximum absolute atomic E-state index is 14.2. The van der Waals surface area contributed by atoms with Crippen molar-refractivity contribution in [3.63, 3.8) is 0 Å². The Morgan fingerprint density at radius 3 is 2.81 bits per heavy atom. The third-order valence-corrected chi connectivity index (χ3v) is 6.27. The van der Waals surface area contributed by atoms with Gasteiger partial charge < -0.3 is 14.9 Å². The Hall–Kier alpha value is -4.84. The summed E-state index contributed by atoms with van der Waals surface area (Å²) in [6.45, 7) is 2.07.